The Morgan fingerprint density at radius 2 is 2.35 bits per heavy atom. The summed E-state index contributed by atoms with van der Waals surface area (Å²) < 4.78 is 1.86. The Bertz CT molecular complexity index is 350. The number of hydrogen-bond donors (Lipinski definition) is 1. The van der Waals surface area contributed by atoms with Crippen LogP contribution in [-0.4, -0.2) is 44.1 Å². The van der Waals surface area contributed by atoms with E-state index in [1.807, 2.05) is 10.9 Å². The van der Waals surface area contributed by atoms with Crippen molar-refractivity contribution in [2.75, 3.05) is 13.1 Å². The van der Waals surface area contributed by atoms with Gasteiger partial charge >= 0.3 is 0 Å². The van der Waals surface area contributed by atoms with Gasteiger partial charge in [-0.15, -0.1) is 5.10 Å². The van der Waals surface area contributed by atoms with Crippen LogP contribution in [0.3, 0.4) is 0 Å². The summed E-state index contributed by atoms with van der Waals surface area (Å²) in [7, 11) is 0. The first-order chi connectivity index (χ1) is 8.19. The maximum Gasteiger partial charge on any atom is 0.108 e. The third kappa shape index (κ3) is 3.26. The van der Waals surface area contributed by atoms with Crippen LogP contribution in [0.5, 0.6) is 0 Å². The highest BCUT2D eigenvalue weighted by Gasteiger charge is 2.25. The highest BCUT2D eigenvalue weighted by atomic mass is 16.3. The number of aromatic nitrogens is 3. The Kier molecular flexibility index (Phi) is 4.12. The first-order valence-corrected chi connectivity index (χ1v) is 6.43. The van der Waals surface area contributed by atoms with Gasteiger partial charge < -0.3 is 5.11 Å². The van der Waals surface area contributed by atoms with Gasteiger partial charge in [-0.3, -0.25) is 9.58 Å². The first kappa shape index (κ1) is 12.5. The second-order valence-corrected chi connectivity index (χ2v) is 5.27. The van der Waals surface area contributed by atoms with Crippen LogP contribution in [0.15, 0.2) is 6.20 Å². The first-order valence-electron chi connectivity index (χ1n) is 6.43. The maximum absolute atomic E-state index is 8.96. The molecule has 0 bridgehead atoms. The summed E-state index contributed by atoms with van der Waals surface area (Å²) in [6.45, 7) is 7.74. The Morgan fingerprint density at radius 1 is 1.53 bits per heavy atom. The number of likely N-dealkylation sites (tertiary alicyclic amines) is 1. The molecule has 1 fully saturated rings. The Hall–Kier alpha value is -0.940. The van der Waals surface area contributed by atoms with Gasteiger partial charge in [-0.05, 0) is 25.3 Å². The summed E-state index contributed by atoms with van der Waals surface area (Å²) >= 11 is 0. The van der Waals surface area contributed by atoms with E-state index in [-0.39, 0.29) is 6.61 Å². The van der Waals surface area contributed by atoms with Crippen LogP contribution in [0.25, 0.3) is 0 Å². The summed E-state index contributed by atoms with van der Waals surface area (Å²) in [5, 5.41) is 16.9. The summed E-state index contributed by atoms with van der Waals surface area (Å²) in [4.78, 5) is 2.55. The normalized spacial score (nSPS) is 21.5. The van der Waals surface area contributed by atoms with E-state index < -0.39 is 0 Å². The van der Waals surface area contributed by atoms with Crippen molar-refractivity contribution >= 4 is 0 Å². The lowest BCUT2D eigenvalue weighted by Crippen LogP contribution is -2.35. The second kappa shape index (κ2) is 5.60. The molecule has 1 aliphatic heterocycles. The van der Waals surface area contributed by atoms with Crippen LogP contribution < -0.4 is 0 Å². The topological polar surface area (TPSA) is 54.2 Å². The molecule has 2 rings (SSSR count). The molecule has 1 aromatic heterocycles. The van der Waals surface area contributed by atoms with Gasteiger partial charge in [-0.25, -0.2) is 0 Å². The minimum absolute atomic E-state index is 0.0274. The minimum Gasteiger partial charge on any atom is -0.390 e. The SMILES string of the molecule is CC(C)CN1CCC[C@@H]1Cn1cc(CO)nn1. The van der Waals surface area contributed by atoms with Crippen LogP contribution in [0.1, 0.15) is 32.4 Å². The van der Waals surface area contributed by atoms with Gasteiger partial charge in [0, 0.05) is 12.6 Å². The number of aliphatic hydroxyl groups is 1. The number of aliphatic hydroxyl groups excluding tert-OH is 1. The van der Waals surface area contributed by atoms with Crippen molar-refractivity contribution < 1.29 is 5.11 Å². The molecule has 17 heavy (non-hydrogen) atoms. The van der Waals surface area contributed by atoms with Gasteiger partial charge in [-0.1, -0.05) is 19.1 Å². The molecule has 1 atom stereocenters. The van der Waals surface area contributed by atoms with Gasteiger partial charge in [0.15, 0.2) is 0 Å². The van der Waals surface area contributed by atoms with E-state index in [2.05, 4.69) is 29.1 Å². The minimum atomic E-state index is -0.0274. The third-order valence-electron chi connectivity index (χ3n) is 3.24. The number of hydrogen-bond acceptors (Lipinski definition) is 4. The molecule has 1 N–H and O–H groups in total. The quantitative estimate of drug-likeness (QED) is 0.828. The van der Waals surface area contributed by atoms with Crippen molar-refractivity contribution in [3.05, 3.63) is 11.9 Å². The van der Waals surface area contributed by atoms with E-state index in [9.17, 15) is 0 Å². The predicted octanol–water partition coefficient (Wildman–Crippen LogP) is 0.891. The van der Waals surface area contributed by atoms with Crippen molar-refractivity contribution in [3.63, 3.8) is 0 Å². The molecule has 0 spiro atoms. The summed E-state index contributed by atoms with van der Waals surface area (Å²) in [6, 6.07) is 0.575. The number of nitrogens with zero attached hydrogens (tertiary/aromatic N) is 4. The predicted molar refractivity (Wildman–Crippen MR) is 65.4 cm³/mol. The van der Waals surface area contributed by atoms with E-state index in [0.29, 0.717) is 17.7 Å². The molecule has 0 unspecified atom stereocenters. The fourth-order valence-corrected chi connectivity index (χ4v) is 2.53. The molecule has 0 radical (unpaired) electrons. The average Bonchev–Trinajstić information content (AvgIpc) is 2.89. The van der Waals surface area contributed by atoms with E-state index in [4.69, 9.17) is 5.11 Å². The molecular weight excluding hydrogens is 216 g/mol. The van der Waals surface area contributed by atoms with Crippen molar-refractivity contribution in [2.45, 2.75) is 45.9 Å². The Balaban J connectivity index is 1.92. The molecule has 0 saturated carbocycles. The van der Waals surface area contributed by atoms with Crippen molar-refractivity contribution in [2.24, 2.45) is 5.92 Å². The lowest BCUT2D eigenvalue weighted by atomic mass is 10.1. The van der Waals surface area contributed by atoms with Crippen LogP contribution in [-0.2, 0) is 13.2 Å². The highest BCUT2D eigenvalue weighted by Crippen LogP contribution is 2.19. The highest BCUT2D eigenvalue weighted by molar-refractivity contribution is 4.90. The van der Waals surface area contributed by atoms with Gasteiger partial charge in [0.25, 0.3) is 0 Å². The maximum atomic E-state index is 8.96. The Morgan fingerprint density at radius 3 is 3.00 bits per heavy atom. The molecule has 2 heterocycles. The molecular formula is C12H22N4O. The fraction of sp³-hybridized carbons (Fsp3) is 0.833. The van der Waals surface area contributed by atoms with Crippen molar-refractivity contribution in [1.82, 2.24) is 19.9 Å². The van der Waals surface area contributed by atoms with Crippen LogP contribution in [0, 0.1) is 5.92 Å². The summed E-state index contributed by atoms with van der Waals surface area (Å²) in [5.74, 6) is 0.708. The third-order valence-corrected chi connectivity index (χ3v) is 3.24. The zero-order valence-corrected chi connectivity index (χ0v) is 10.7. The van der Waals surface area contributed by atoms with E-state index >= 15 is 0 Å². The summed E-state index contributed by atoms with van der Waals surface area (Å²) in [5.41, 5.74) is 0.651. The van der Waals surface area contributed by atoms with Gasteiger partial charge in [-0.2, -0.15) is 0 Å². The molecule has 0 aromatic carbocycles. The second-order valence-electron chi connectivity index (χ2n) is 5.27. The summed E-state index contributed by atoms with van der Waals surface area (Å²) in [6.07, 6.45) is 4.35. The van der Waals surface area contributed by atoms with Crippen LogP contribution in [0.2, 0.25) is 0 Å². The van der Waals surface area contributed by atoms with Crippen molar-refractivity contribution in [3.8, 4) is 0 Å². The van der Waals surface area contributed by atoms with Gasteiger partial charge in [0.1, 0.15) is 5.69 Å². The zero-order chi connectivity index (χ0) is 12.3. The van der Waals surface area contributed by atoms with E-state index in [1.54, 1.807) is 0 Å². The number of rotatable bonds is 5. The standard InChI is InChI=1S/C12H22N4O/c1-10(2)6-15-5-3-4-12(15)8-16-7-11(9-17)13-14-16/h7,10,12,17H,3-6,8-9H2,1-2H3/t12-/m1/s1. The molecule has 1 aliphatic rings. The molecule has 5 nitrogen and oxygen atoms in total. The van der Waals surface area contributed by atoms with E-state index in [1.165, 1.54) is 19.4 Å². The van der Waals surface area contributed by atoms with Crippen molar-refractivity contribution in [1.29, 1.82) is 0 Å². The lowest BCUT2D eigenvalue weighted by molar-refractivity contribution is 0.203. The molecule has 0 aliphatic carbocycles. The smallest absolute Gasteiger partial charge is 0.108 e. The van der Waals surface area contributed by atoms with E-state index in [0.717, 1.165) is 13.1 Å². The Labute approximate surface area is 102 Å². The van der Waals surface area contributed by atoms with Gasteiger partial charge in [0.05, 0.1) is 19.3 Å². The molecule has 1 saturated heterocycles. The lowest BCUT2D eigenvalue weighted by Gasteiger charge is -2.25. The molecule has 1 aromatic rings. The molecule has 96 valence electrons. The largest absolute Gasteiger partial charge is 0.390 e. The zero-order valence-electron chi connectivity index (χ0n) is 10.7. The fourth-order valence-electron chi connectivity index (χ4n) is 2.53. The van der Waals surface area contributed by atoms with Crippen LogP contribution >= 0.6 is 0 Å². The monoisotopic (exact) mass is 238 g/mol. The molecule has 0 amide bonds. The average molecular weight is 238 g/mol. The van der Waals surface area contributed by atoms with Gasteiger partial charge in [0.2, 0.25) is 0 Å². The van der Waals surface area contributed by atoms with Crippen LogP contribution in [0.4, 0.5) is 0 Å². The molecule has 5 heteroatoms.